The lowest BCUT2D eigenvalue weighted by Crippen LogP contribution is -2.36. The molecular formula is C24H29IN4O2. The van der Waals surface area contributed by atoms with Gasteiger partial charge in [-0.1, -0.05) is 54.6 Å². The summed E-state index contributed by atoms with van der Waals surface area (Å²) in [6.45, 7) is 4.35. The third-order valence-corrected chi connectivity index (χ3v) is 4.46. The van der Waals surface area contributed by atoms with Crippen LogP contribution in [0.25, 0.3) is 0 Å². The van der Waals surface area contributed by atoms with Crippen LogP contribution in [0.15, 0.2) is 77.9 Å². The number of methoxy groups -OCH3 is 1. The minimum absolute atomic E-state index is 0. The average molecular weight is 532 g/mol. The standard InChI is InChI=1S/C24H28N4O2.HI/c1-3-25-24(27-16-20-12-7-8-14-22(20)29-2)28-17-21-13-9-15-26-23(21)30-18-19-10-5-4-6-11-19;/h4-15H,3,16-18H2,1-2H3,(H2,25,27,28);1H. The van der Waals surface area contributed by atoms with Crippen LogP contribution in [-0.4, -0.2) is 24.6 Å². The summed E-state index contributed by atoms with van der Waals surface area (Å²) in [7, 11) is 1.68. The van der Waals surface area contributed by atoms with Gasteiger partial charge in [0.05, 0.1) is 13.7 Å². The van der Waals surface area contributed by atoms with Crippen LogP contribution in [0.3, 0.4) is 0 Å². The van der Waals surface area contributed by atoms with Crippen molar-refractivity contribution in [2.75, 3.05) is 13.7 Å². The van der Waals surface area contributed by atoms with Crippen molar-refractivity contribution in [3.8, 4) is 11.6 Å². The van der Waals surface area contributed by atoms with E-state index >= 15 is 0 Å². The third kappa shape index (κ3) is 7.75. The third-order valence-electron chi connectivity index (χ3n) is 4.46. The van der Waals surface area contributed by atoms with Crippen LogP contribution >= 0.6 is 24.0 Å². The number of aromatic nitrogens is 1. The van der Waals surface area contributed by atoms with Gasteiger partial charge in [-0.2, -0.15) is 0 Å². The molecule has 31 heavy (non-hydrogen) atoms. The number of guanidine groups is 1. The number of rotatable bonds is 9. The predicted molar refractivity (Wildman–Crippen MR) is 135 cm³/mol. The fraction of sp³-hybridized carbons (Fsp3) is 0.250. The smallest absolute Gasteiger partial charge is 0.218 e. The second-order valence-electron chi connectivity index (χ2n) is 6.60. The summed E-state index contributed by atoms with van der Waals surface area (Å²) in [6.07, 6.45) is 1.73. The zero-order valence-electron chi connectivity index (χ0n) is 17.9. The molecule has 0 aliphatic heterocycles. The molecule has 0 bridgehead atoms. The maximum atomic E-state index is 5.94. The Morgan fingerprint density at radius 2 is 1.68 bits per heavy atom. The summed E-state index contributed by atoms with van der Waals surface area (Å²) in [4.78, 5) is 9.09. The van der Waals surface area contributed by atoms with E-state index in [1.165, 1.54) is 0 Å². The number of ether oxygens (including phenoxy) is 2. The molecule has 164 valence electrons. The number of nitrogens with one attached hydrogen (secondary N) is 2. The lowest BCUT2D eigenvalue weighted by Gasteiger charge is -2.14. The summed E-state index contributed by atoms with van der Waals surface area (Å²) in [6, 6.07) is 21.9. The number of aliphatic imine (C=N–C) groups is 1. The average Bonchev–Trinajstić information content (AvgIpc) is 2.81. The molecule has 0 unspecified atom stereocenters. The zero-order valence-corrected chi connectivity index (χ0v) is 20.2. The molecule has 0 amide bonds. The van der Waals surface area contributed by atoms with E-state index in [2.05, 4.69) is 15.6 Å². The van der Waals surface area contributed by atoms with Crippen LogP contribution in [0.2, 0.25) is 0 Å². The van der Waals surface area contributed by atoms with Crippen LogP contribution in [-0.2, 0) is 19.7 Å². The van der Waals surface area contributed by atoms with E-state index in [1.807, 2.05) is 73.7 Å². The van der Waals surface area contributed by atoms with Gasteiger partial charge < -0.3 is 20.1 Å². The molecule has 0 saturated heterocycles. The van der Waals surface area contributed by atoms with Crippen LogP contribution in [0, 0.1) is 0 Å². The molecule has 3 rings (SSSR count). The van der Waals surface area contributed by atoms with Gasteiger partial charge in [-0.3, -0.25) is 0 Å². The second-order valence-corrected chi connectivity index (χ2v) is 6.60. The van der Waals surface area contributed by atoms with Gasteiger partial charge in [0.2, 0.25) is 5.88 Å². The van der Waals surface area contributed by atoms with E-state index in [4.69, 9.17) is 14.5 Å². The fourth-order valence-corrected chi connectivity index (χ4v) is 2.93. The number of hydrogen-bond acceptors (Lipinski definition) is 4. The number of halogens is 1. The first-order valence-electron chi connectivity index (χ1n) is 10.0. The van der Waals surface area contributed by atoms with E-state index in [0.29, 0.717) is 25.6 Å². The molecule has 6 nitrogen and oxygen atoms in total. The molecule has 0 spiro atoms. The molecule has 1 heterocycles. The summed E-state index contributed by atoms with van der Waals surface area (Å²) >= 11 is 0. The first-order valence-corrected chi connectivity index (χ1v) is 10.0. The van der Waals surface area contributed by atoms with E-state index < -0.39 is 0 Å². The largest absolute Gasteiger partial charge is 0.496 e. The zero-order chi connectivity index (χ0) is 21.0. The minimum atomic E-state index is 0. The Hall–Kier alpha value is -2.81. The normalized spacial score (nSPS) is 10.7. The number of benzene rings is 2. The molecule has 2 aromatic carbocycles. The highest BCUT2D eigenvalue weighted by atomic mass is 127. The first kappa shape index (κ1) is 24.5. The Balaban J connectivity index is 0.00000341. The molecule has 0 saturated carbocycles. The van der Waals surface area contributed by atoms with Crippen molar-refractivity contribution in [2.45, 2.75) is 26.6 Å². The quantitative estimate of drug-likeness (QED) is 0.241. The van der Waals surface area contributed by atoms with Crippen LogP contribution < -0.4 is 20.1 Å². The molecule has 0 aliphatic rings. The Morgan fingerprint density at radius 3 is 2.45 bits per heavy atom. The highest BCUT2D eigenvalue weighted by Gasteiger charge is 2.07. The molecular weight excluding hydrogens is 503 g/mol. The lowest BCUT2D eigenvalue weighted by atomic mass is 10.2. The van der Waals surface area contributed by atoms with Gasteiger partial charge in [-0.15, -0.1) is 24.0 Å². The number of hydrogen-bond donors (Lipinski definition) is 2. The van der Waals surface area contributed by atoms with E-state index in [1.54, 1.807) is 13.3 Å². The number of nitrogens with zero attached hydrogens (tertiary/aromatic N) is 2. The van der Waals surface area contributed by atoms with E-state index in [0.717, 1.165) is 34.9 Å². The molecule has 1 aromatic heterocycles. The Bertz CT molecular complexity index is 951. The molecule has 2 N–H and O–H groups in total. The van der Waals surface area contributed by atoms with Crippen molar-refractivity contribution in [3.05, 3.63) is 89.6 Å². The van der Waals surface area contributed by atoms with Crippen molar-refractivity contribution >= 4 is 29.9 Å². The predicted octanol–water partition coefficient (Wildman–Crippen LogP) is 4.54. The lowest BCUT2D eigenvalue weighted by molar-refractivity contribution is 0.290. The second kappa shape index (κ2) is 13.5. The summed E-state index contributed by atoms with van der Waals surface area (Å²) in [5.74, 6) is 2.18. The fourth-order valence-electron chi connectivity index (χ4n) is 2.93. The van der Waals surface area contributed by atoms with Crippen molar-refractivity contribution in [3.63, 3.8) is 0 Å². The molecule has 0 radical (unpaired) electrons. The van der Waals surface area contributed by atoms with Gasteiger partial charge in [-0.05, 0) is 24.6 Å². The van der Waals surface area contributed by atoms with Gasteiger partial charge in [0.15, 0.2) is 5.96 Å². The summed E-state index contributed by atoms with van der Waals surface area (Å²) in [5, 5.41) is 6.63. The van der Waals surface area contributed by atoms with Gasteiger partial charge >= 0.3 is 0 Å². The highest BCUT2D eigenvalue weighted by molar-refractivity contribution is 14.0. The minimum Gasteiger partial charge on any atom is -0.496 e. The topological polar surface area (TPSA) is 67.8 Å². The SMILES string of the molecule is CCNC(=NCc1cccnc1OCc1ccccc1)NCc1ccccc1OC.I. The maximum Gasteiger partial charge on any atom is 0.218 e. The Morgan fingerprint density at radius 1 is 0.935 bits per heavy atom. The molecule has 0 aliphatic carbocycles. The van der Waals surface area contributed by atoms with Crippen molar-refractivity contribution in [2.24, 2.45) is 4.99 Å². The first-order chi connectivity index (χ1) is 14.8. The van der Waals surface area contributed by atoms with Gasteiger partial charge in [0, 0.05) is 30.4 Å². The van der Waals surface area contributed by atoms with Crippen LogP contribution in [0.1, 0.15) is 23.6 Å². The van der Waals surface area contributed by atoms with E-state index in [9.17, 15) is 0 Å². The summed E-state index contributed by atoms with van der Waals surface area (Å²) in [5.41, 5.74) is 3.10. The monoisotopic (exact) mass is 532 g/mol. The van der Waals surface area contributed by atoms with Crippen molar-refractivity contribution in [1.29, 1.82) is 0 Å². The van der Waals surface area contributed by atoms with E-state index in [-0.39, 0.29) is 24.0 Å². The van der Waals surface area contributed by atoms with Crippen LogP contribution in [0.5, 0.6) is 11.6 Å². The van der Waals surface area contributed by atoms with Crippen molar-refractivity contribution < 1.29 is 9.47 Å². The molecule has 7 heteroatoms. The Labute approximate surface area is 201 Å². The van der Waals surface area contributed by atoms with Gasteiger partial charge in [0.1, 0.15) is 12.4 Å². The molecule has 0 fully saturated rings. The Kier molecular flexibility index (Phi) is 10.6. The maximum absolute atomic E-state index is 5.94. The number of pyridine rings is 1. The highest BCUT2D eigenvalue weighted by Crippen LogP contribution is 2.18. The van der Waals surface area contributed by atoms with Gasteiger partial charge in [0.25, 0.3) is 0 Å². The molecule has 3 aromatic rings. The summed E-state index contributed by atoms with van der Waals surface area (Å²) < 4.78 is 11.4. The van der Waals surface area contributed by atoms with Crippen molar-refractivity contribution in [1.82, 2.24) is 15.6 Å². The van der Waals surface area contributed by atoms with Gasteiger partial charge in [-0.25, -0.2) is 9.98 Å². The molecule has 0 atom stereocenters. The van der Waals surface area contributed by atoms with Crippen LogP contribution in [0.4, 0.5) is 0 Å². The number of para-hydroxylation sites is 1.